The van der Waals surface area contributed by atoms with Gasteiger partial charge in [-0.25, -0.2) is 9.97 Å². The summed E-state index contributed by atoms with van der Waals surface area (Å²) >= 11 is 0. The number of benzene rings is 1. The first-order valence-corrected chi connectivity index (χ1v) is 7.43. The Labute approximate surface area is 127 Å². The summed E-state index contributed by atoms with van der Waals surface area (Å²) in [4.78, 5) is 11.0. The van der Waals surface area contributed by atoms with Gasteiger partial charge in [0.2, 0.25) is 0 Å². The lowest BCUT2D eigenvalue weighted by Crippen LogP contribution is -2.41. The highest BCUT2D eigenvalue weighted by Gasteiger charge is 2.27. The van der Waals surface area contributed by atoms with E-state index in [2.05, 4.69) is 68.0 Å². The smallest absolute Gasteiger partial charge is 0.137 e. The average Bonchev–Trinajstić information content (AvgIpc) is 2.37. The van der Waals surface area contributed by atoms with Crippen molar-refractivity contribution in [3.05, 3.63) is 30.1 Å². The van der Waals surface area contributed by atoms with E-state index < -0.39 is 0 Å². The van der Waals surface area contributed by atoms with Crippen molar-refractivity contribution in [3.8, 4) is 0 Å². The van der Waals surface area contributed by atoms with Gasteiger partial charge in [0, 0.05) is 18.0 Å². The second-order valence-electron chi connectivity index (χ2n) is 6.78. The molecule has 0 aliphatic carbocycles. The van der Waals surface area contributed by atoms with Crippen LogP contribution >= 0.6 is 0 Å². The zero-order valence-electron chi connectivity index (χ0n) is 13.9. The van der Waals surface area contributed by atoms with Crippen molar-refractivity contribution in [2.24, 2.45) is 5.41 Å². The van der Waals surface area contributed by atoms with E-state index in [1.807, 2.05) is 12.1 Å². The molecule has 114 valence electrons. The molecule has 0 aliphatic heterocycles. The van der Waals surface area contributed by atoms with E-state index in [1.54, 1.807) is 6.33 Å². The van der Waals surface area contributed by atoms with Crippen LogP contribution in [0.15, 0.2) is 24.5 Å². The molecule has 4 heteroatoms. The third-order valence-electron chi connectivity index (χ3n) is 4.12. The van der Waals surface area contributed by atoms with Gasteiger partial charge in [-0.3, -0.25) is 0 Å². The molecule has 0 saturated carbocycles. The minimum Gasteiger partial charge on any atom is -0.366 e. The molecule has 4 nitrogen and oxygen atoms in total. The van der Waals surface area contributed by atoms with Crippen LogP contribution in [0.2, 0.25) is 0 Å². The van der Waals surface area contributed by atoms with Gasteiger partial charge in [0.15, 0.2) is 0 Å². The molecule has 1 atom stereocenters. The molecule has 1 aromatic carbocycles. The van der Waals surface area contributed by atoms with Gasteiger partial charge >= 0.3 is 0 Å². The minimum atomic E-state index is 0.142. The molecule has 2 aromatic rings. The summed E-state index contributed by atoms with van der Waals surface area (Å²) in [6, 6.07) is 6.48. The van der Waals surface area contributed by atoms with Crippen LogP contribution in [0.5, 0.6) is 0 Å². The number of nitrogens with one attached hydrogen (secondary N) is 1. The van der Waals surface area contributed by atoms with Crippen molar-refractivity contribution < 1.29 is 0 Å². The normalized spacial score (nSPS) is 13.7. The highest BCUT2D eigenvalue weighted by molar-refractivity contribution is 5.91. The van der Waals surface area contributed by atoms with Crippen molar-refractivity contribution >= 4 is 16.7 Å². The summed E-state index contributed by atoms with van der Waals surface area (Å²) in [5.74, 6) is 0.928. The Kier molecular flexibility index (Phi) is 4.47. The van der Waals surface area contributed by atoms with Crippen LogP contribution < -0.4 is 5.32 Å². The molecule has 0 saturated heterocycles. The van der Waals surface area contributed by atoms with Gasteiger partial charge in [-0.2, -0.15) is 0 Å². The highest BCUT2D eigenvalue weighted by Crippen LogP contribution is 2.28. The molecule has 0 fully saturated rings. The molecule has 0 bridgehead atoms. The summed E-state index contributed by atoms with van der Waals surface area (Å²) in [5, 5.41) is 4.71. The van der Waals surface area contributed by atoms with Crippen LogP contribution in [0.4, 0.5) is 5.82 Å². The molecule has 0 aliphatic rings. The molecular formula is C17H26N4. The van der Waals surface area contributed by atoms with Gasteiger partial charge in [-0.1, -0.05) is 26.0 Å². The number of aryl methyl sites for hydroxylation is 1. The van der Waals surface area contributed by atoms with Gasteiger partial charge in [-0.15, -0.1) is 0 Å². The summed E-state index contributed by atoms with van der Waals surface area (Å²) in [6.45, 7) is 9.90. The lowest BCUT2D eigenvalue weighted by molar-refractivity contribution is 0.217. The van der Waals surface area contributed by atoms with E-state index in [1.165, 1.54) is 5.56 Å². The first-order chi connectivity index (χ1) is 9.81. The second-order valence-corrected chi connectivity index (χ2v) is 6.78. The molecule has 1 heterocycles. The first-order valence-electron chi connectivity index (χ1n) is 7.43. The minimum absolute atomic E-state index is 0.142. The molecule has 0 spiro atoms. The largest absolute Gasteiger partial charge is 0.366 e. The topological polar surface area (TPSA) is 41.1 Å². The Balaban J connectivity index is 2.32. The zero-order chi connectivity index (χ0) is 15.6. The maximum absolute atomic E-state index is 4.46. The SMILES string of the molecule is Cc1cccc2ncnc(NC(C)C(C)(C)CN(C)C)c12. The summed E-state index contributed by atoms with van der Waals surface area (Å²) in [7, 11) is 4.22. The van der Waals surface area contributed by atoms with E-state index in [4.69, 9.17) is 0 Å². The lowest BCUT2D eigenvalue weighted by atomic mass is 9.85. The van der Waals surface area contributed by atoms with Crippen LogP contribution in [-0.4, -0.2) is 41.5 Å². The molecule has 2 rings (SSSR count). The summed E-state index contributed by atoms with van der Waals surface area (Å²) in [5.41, 5.74) is 2.34. The lowest BCUT2D eigenvalue weighted by Gasteiger charge is -2.35. The number of hydrogen-bond donors (Lipinski definition) is 1. The summed E-state index contributed by atoms with van der Waals surface area (Å²) in [6.07, 6.45) is 1.63. The van der Waals surface area contributed by atoms with Gasteiger partial charge in [0.05, 0.1) is 5.52 Å². The molecule has 21 heavy (non-hydrogen) atoms. The number of aromatic nitrogens is 2. The van der Waals surface area contributed by atoms with Crippen LogP contribution in [-0.2, 0) is 0 Å². The molecule has 1 unspecified atom stereocenters. The number of nitrogens with zero attached hydrogens (tertiary/aromatic N) is 3. The molecular weight excluding hydrogens is 260 g/mol. The van der Waals surface area contributed by atoms with Crippen LogP contribution in [0, 0.1) is 12.3 Å². The standard InChI is InChI=1S/C17H26N4/c1-12-8-7-9-14-15(12)16(19-11-18-14)20-13(2)17(3,4)10-21(5)6/h7-9,11,13H,10H2,1-6H3,(H,18,19,20). The van der Waals surface area contributed by atoms with Gasteiger partial charge < -0.3 is 10.2 Å². The molecule has 0 amide bonds. The van der Waals surface area contributed by atoms with Gasteiger partial charge in [0.25, 0.3) is 0 Å². The van der Waals surface area contributed by atoms with Crippen LogP contribution in [0.3, 0.4) is 0 Å². The molecule has 1 aromatic heterocycles. The second kappa shape index (κ2) is 5.98. The Morgan fingerprint density at radius 3 is 2.62 bits per heavy atom. The van der Waals surface area contributed by atoms with E-state index in [0.29, 0.717) is 6.04 Å². The van der Waals surface area contributed by atoms with E-state index in [0.717, 1.165) is 23.3 Å². The van der Waals surface area contributed by atoms with E-state index in [9.17, 15) is 0 Å². The van der Waals surface area contributed by atoms with Gasteiger partial charge in [0.1, 0.15) is 12.1 Å². The fourth-order valence-electron chi connectivity index (χ4n) is 2.74. The Morgan fingerprint density at radius 1 is 1.24 bits per heavy atom. The number of anilines is 1. The van der Waals surface area contributed by atoms with E-state index >= 15 is 0 Å². The van der Waals surface area contributed by atoms with Gasteiger partial charge in [-0.05, 0) is 45.0 Å². The number of hydrogen-bond acceptors (Lipinski definition) is 4. The number of fused-ring (bicyclic) bond motifs is 1. The van der Waals surface area contributed by atoms with Crippen molar-refractivity contribution in [3.63, 3.8) is 0 Å². The zero-order valence-corrected chi connectivity index (χ0v) is 13.9. The number of rotatable bonds is 5. The van der Waals surface area contributed by atoms with Crippen molar-refractivity contribution in [2.75, 3.05) is 26.0 Å². The monoisotopic (exact) mass is 286 g/mol. The Morgan fingerprint density at radius 2 is 1.95 bits per heavy atom. The highest BCUT2D eigenvalue weighted by atomic mass is 15.1. The first kappa shape index (κ1) is 15.7. The third-order valence-corrected chi connectivity index (χ3v) is 4.12. The maximum atomic E-state index is 4.46. The average molecular weight is 286 g/mol. The predicted molar refractivity (Wildman–Crippen MR) is 89.7 cm³/mol. The fraction of sp³-hybridized carbons (Fsp3) is 0.529. The van der Waals surface area contributed by atoms with Crippen LogP contribution in [0.25, 0.3) is 10.9 Å². The van der Waals surface area contributed by atoms with Crippen LogP contribution in [0.1, 0.15) is 26.3 Å². The van der Waals surface area contributed by atoms with Crippen molar-refractivity contribution in [1.29, 1.82) is 0 Å². The quantitative estimate of drug-likeness (QED) is 0.915. The Bertz CT molecular complexity index is 614. The van der Waals surface area contributed by atoms with E-state index in [-0.39, 0.29) is 5.41 Å². The summed E-state index contributed by atoms with van der Waals surface area (Å²) < 4.78 is 0. The maximum Gasteiger partial charge on any atom is 0.137 e. The predicted octanol–water partition coefficient (Wildman–Crippen LogP) is 3.33. The molecule has 0 radical (unpaired) electrons. The third kappa shape index (κ3) is 3.50. The Hall–Kier alpha value is -1.68. The van der Waals surface area contributed by atoms with Crippen molar-refractivity contribution in [1.82, 2.24) is 14.9 Å². The van der Waals surface area contributed by atoms with Crippen molar-refractivity contribution in [2.45, 2.75) is 33.7 Å². The fourth-order valence-corrected chi connectivity index (χ4v) is 2.74. The molecule has 1 N–H and O–H groups in total.